The average Bonchev–Trinajstić information content (AvgIpc) is 2.54. The van der Waals surface area contributed by atoms with Crippen LogP contribution in [0.2, 0.25) is 0 Å². The van der Waals surface area contributed by atoms with E-state index in [4.69, 9.17) is 10.00 Å². The van der Waals surface area contributed by atoms with Gasteiger partial charge in [0.15, 0.2) is 0 Å². The van der Waals surface area contributed by atoms with Crippen LogP contribution < -0.4 is 10.1 Å². The van der Waals surface area contributed by atoms with E-state index in [0.717, 1.165) is 18.7 Å². The number of nitrogens with zero attached hydrogens (tertiary/aromatic N) is 3. The number of carbonyl (C=O) groups is 1. The number of hydrogen-bond donors (Lipinski definition) is 1. The molecule has 2 heterocycles. The Balaban J connectivity index is 1.85. The smallest absolute Gasteiger partial charge is 0.321 e. The molecule has 1 N–H and O–H groups in total. The molecule has 2 amide bonds. The van der Waals surface area contributed by atoms with Crippen molar-refractivity contribution in [3.05, 3.63) is 35.4 Å². The number of carbonyl (C=O) groups excluding carboxylic acids is 1. The number of ether oxygens (including phenoxy) is 1. The first-order chi connectivity index (χ1) is 11.4. The molecular formula is C18H22N4O2. The largest absolute Gasteiger partial charge is 0.483 e. The number of nitrogens with one attached hydrogen (secondary N) is 1. The highest BCUT2D eigenvalue weighted by atomic mass is 16.5. The maximum atomic E-state index is 12.6. The number of piperazine rings is 1. The van der Waals surface area contributed by atoms with Crippen LogP contribution in [-0.4, -0.2) is 54.7 Å². The molecule has 0 aromatic heterocycles. The van der Waals surface area contributed by atoms with Crippen molar-refractivity contribution in [2.45, 2.75) is 19.4 Å². The lowest BCUT2D eigenvalue weighted by atomic mass is 9.98. The van der Waals surface area contributed by atoms with Crippen molar-refractivity contribution in [1.82, 2.24) is 15.1 Å². The number of benzene rings is 1. The quantitative estimate of drug-likeness (QED) is 0.857. The van der Waals surface area contributed by atoms with Gasteiger partial charge in [0.05, 0.1) is 17.3 Å². The predicted molar refractivity (Wildman–Crippen MR) is 91.4 cm³/mol. The molecular weight excluding hydrogens is 304 g/mol. The van der Waals surface area contributed by atoms with Gasteiger partial charge in [0.1, 0.15) is 11.4 Å². The van der Waals surface area contributed by atoms with Crippen LogP contribution >= 0.6 is 0 Å². The Hall–Kier alpha value is -2.52. The fourth-order valence-electron chi connectivity index (χ4n) is 2.94. The summed E-state index contributed by atoms with van der Waals surface area (Å²) >= 11 is 0. The van der Waals surface area contributed by atoms with E-state index in [1.54, 1.807) is 18.2 Å². The third-order valence-corrected chi connectivity index (χ3v) is 4.30. The molecule has 1 aromatic carbocycles. The Kier molecular flexibility index (Phi) is 4.20. The second-order valence-electron chi connectivity index (χ2n) is 6.81. The summed E-state index contributed by atoms with van der Waals surface area (Å²) in [5.74, 6) is 0.676. The minimum absolute atomic E-state index is 0.111. The standard InChI is InChI=1S/C18H22N4O2/c1-18(2)11-15(14-10-13(12-19)4-5-16(14)24-18)20-17(23)22-8-6-21(3)7-9-22/h4-5,10-11H,6-9H2,1-3H3,(H,20,23). The predicted octanol–water partition coefficient (Wildman–Crippen LogP) is 2.03. The van der Waals surface area contributed by atoms with Crippen LogP contribution in [0.1, 0.15) is 25.0 Å². The first-order valence-electron chi connectivity index (χ1n) is 8.09. The van der Waals surface area contributed by atoms with Gasteiger partial charge in [-0.05, 0) is 45.2 Å². The maximum Gasteiger partial charge on any atom is 0.321 e. The molecule has 0 unspecified atom stereocenters. The van der Waals surface area contributed by atoms with Crippen molar-refractivity contribution in [1.29, 1.82) is 5.26 Å². The third kappa shape index (κ3) is 3.36. The van der Waals surface area contributed by atoms with Crippen molar-refractivity contribution >= 4 is 11.7 Å². The van der Waals surface area contributed by atoms with E-state index in [2.05, 4.69) is 23.3 Å². The van der Waals surface area contributed by atoms with Gasteiger partial charge in [-0.3, -0.25) is 0 Å². The van der Waals surface area contributed by atoms with Crippen LogP contribution in [0.15, 0.2) is 24.3 Å². The second-order valence-corrected chi connectivity index (χ2v) is 6.81. The molecule has 24 heavy (non-hydrogen) atoms. The zero-order valence-corrected chi connectivity index (χ0v) is 14.3. The number of rotatable bonds is 1. The van der Waals surface area contributed by atoms with Crippen LogP contribution in [0.4, 0.5) is 4.79 Å². The molecule has 2 aliphatic rings. The Labute approximate surface area is 142 Å². The van der Waals surface area contributed by atoms with Crippen molar-refractivity contribution in [3.63, 3.8) is 0 Å². The Morgan fingerprint density at radius 2 is 2.00 bits per heavy atom. The highest BCUT2D eigenvalue weighted by Crippen LogP contribution is 2.35. The Morgan fingerprint density at radius 3 is 2.67 bits per heavy atom. The summed E-state index contributed by atoms with van der Waals surface area (Å²) in [5.41, 5.74) is 1.46. The molecule has 0 spiro atoms. The van der Waals surface area contributed by atoms with E-state index >= 15 is 0 Å². The van der Waals surface area contributed by atoms with Crippen LogP contribution in [0, 0.1) is 11.3 Å². The summed E-state index contributed by atoms with van der Waals surface area (Å²) in [5, 5.41) is 12.1. The molecule has 0 bridgehead atoms. The normalized spacial score (nSPS) is 19.6. The zero-order chi connectivity index (χ0) is 17.3. The first kappa shape index (κ1) is 16.3. The van der Waals surface area contributed by atoms with Gasteiger partial charge in [-0.1, -0.05) is 0 Å². The number of hydrogen-bond acceptors (Lipinski definition) is 4. The number of fused-ring (bicyclic) bond motifs is 1. The Bertz CT molecular complexity index is 725. The van der Waals surface area contributed by atoms with E-state index in [0.29, 0.717) is 30.1 Å². The van der Waals surface area contributed by atoms with Gasteiger partial charge in [-0.2, -0.15) is 5.26 Å². The summed E-state index contributed by atoms with van der Waals surface area (Å²) in [7, 11) is 2.05. The molecule has 1 saturated heterocycles. The average molecular weight is 326 g/mol. The fraction of sp³-hybridized carbons (Fsp3) is 0.444. The summed E-state index contributed by atoms with van der Waals surface area (Å²) in [4.78, 5) is 16.6. The van der Waals surface area contributed by atoms with Crippen LogP contribution in [0.3, 0.4) is 0 Å². The van der Waals surface area contributed by atoms with Gasteiger partial charge in [-0.25, -0.2) is 4.79 Å². The third-order valence-electron chi connectivity index (χ3n) is 4.30. The van der Waals surface area contributed by atoms with Gasteiger partial charge in [0.2, 0.25) is 0 Å². The van der Waals surface area contributed by atoms with Crippen LogP contribution in [-0.2, 0) is 0 Å². The van der Waals surface area contributed by atoms with E-state index in [1.807, 2.05) is 24.8 Å². The lowest BCUT2D eigenvalue weighted by Crippen LogP contribution is -2.50. The topological polar surface area (TPSA) is 68.6 Å². The number of urea groups is 1. The molecule has 2 aliphatic heterocycles. The second kappa shape index (κ2) is 6.17. The van der Waals surface area contributed by atoms with Crippen molar-refractivity contribution in [3.8, 4) is 11.8 Å². The molecule has 126 valence electrons. The van der Waals surface area contributed by atoms with E-state index in [9.17, 15) is 4.79 Å². The molecule has 1 fully saturated rings. The molecule has 0 aliphatic carbocycles. The number of amides is 2. The van der Waals surface area contributed by atoms with Gasteiger partial charge >= 0.3 is 6.03 Å². The monoisotopic (exact) mass is 326 g/mol. The summed E-state index contributed by atoms with van der Waals surface area (Å²) in [6, 6.07) is 7.27. The molecule has 0 radical (unpaired) electrons. The molecule has 1 aromatic rings. The van der Waals surface area contributed by atoms with Crippen LogP contribution in [0.25, 0.3) is 5.70 Å². The van der Waals surface area contributed by atoms with Gasteiger partial charge < -0.3 is 19.9 Å². The lowest BCUT2D eigenvalue weighted by Gasteiger charge is -2.34. The summed E-state index contributed by atoms with van der Waals surface area (Å²) in [6.07, 6.45) is 1.89. The van der Waals surface area contributed by atoms with Crippen molar-refractivity contribution in [2.24, 2.45) is 0 Å². The van der Waals surface area contributed by atoms with Gasteiger partial charge in [0.25, 0.3) is 0 Å². The number of likely N-dealkylation sites (N-methyl/N-ethyl adjacent to an activating group) is 1. The highest BCUT2D eigenvalue weighted by molar-refractivity contribution is 5.88. The molecule has 0 atom stereocenters. The minimum Gasteiger partial charge on any atom is -0.483 e. The minimum atomic E-state index is -0.522. The lowest BCUT2D eigenvalue weighted by molar-refractivity contribution is 0.153. The zero-order valence-electron chi connectivity index (χ0n) is 14.3. The van der Waals surface area contributed by atoms with Crippen molar-refractivity contribution in [2.75, 3.05) is 33.2 Å². The summed E-state index contributed by atoms with van der Waals surface area (Å²) in [6.45, 7) is 7.04. The van der Waals surface area contributed by atoms with Crippen molar-refractivity contribution < 1.29 is 9.53 Å². The molecule has 0 saturated carbocycles. The summed E-state index contributed by atoms with van der Waals surface area (Å²) < 4.78 is 5.93. The van der Waals surface area contributed by atoms with E-state index < -0.39 is 5.60 Å². The SMILES string of the molecule is CN1CCN(C(=O)NC2=CC(C)(C)Oc3ccc(C#N)cc32)CC1. The maximum absolute atomic E-state index is 12.6. The van der Waals surface area contributed by atoms with Crippen LogP contribution in [0.5, 0.6) is 5.75 Å². The molecule has 6 nitrogen and oxygen atoms in total. The fourth-order valence-corrected chi connectivity index (χ4v) is 2.94. The Morgan fingerprint density at radius 1 is 1.29 bits per heavy atom. The molecule has 6 heteroatoms. The number of nitriles is 1. The highest BCUT2D eigenvalue weighted by Gasteiger charge is 2.29. The van der Waals surface area contributed by atoms with Gasteiger partial charge in [-0.15, -0.1) is 0 Å². The molecule has 3 rings (SSSR count). The first-order valence-corrected chi connectivity index (χ1v) is 8.09. The van der Waals surface area contributed by atoms with E-state index in [1.165, 1.54) is 0 Å². The van der Waals surface area contributed by atoms with Gasteiger partial charge in [0, 0.05) is 31.7 Å². The van der Waals surface area contributed by atoms with E-state index in [-0.39, 0.29) is 6.03 Å².